The Morgan fingerprint density at radius 1 is 1.05 bits per heavy atom. The van der Waals surface area contributed by atoms with Gasteiger partial charge < -0.3 is 4.90 Å². The predicted octanol–water partition coefficient (Wildman–Crippen LogP) is 3.78. The molecule has 1 aliphatic rings. The van der Waals surface area contributed by atoms with E-state index in [1.54, 1.807) is 4.90 Å². The van der Waals surface area contributed by atoms with Crippen molar-refractivity contribution >= 4 is 5.91 Å². The van der Waals surface area contributed by atoms with Crippen LogP contribution in [0, 0.1) is 0 Å². The van der Waals surface area contributed by atoms with Crippen LogP contribution in [-0.2, 0) is 4.79 Å². The van der Waals surface area contributed by atoms with Crippen molar-refractivity contribution in [2.24, 2.45) is 0 Å². The Morgan fingerprint density at radius 3 is 2.09 bits per heavy atom. The third-order valence-corrected chi connectivity index (χ3v) is 4.44. The minimum Gasteiger partial charge on any atom is -0.336 e. The van der Waals surface area contributed by atoms with Gasteiger partial charge in [0.2, 0.25) is 0 Å². The Balaban J connectivity index is 2.00. The van der Waals surface area contributed by atoms with Crippen LogP contribution >= 0.6 is 0 Å². The van der Waals surface area contributed by atoms with Gasteiger partial charge in [0, 0.05) is 18.5 Å². The number of benzene rings is 2. The van der Waals surface area contributed by atoms with E-state index in [0.29, 0.717) is 6.54 Å². The number of hydrogen-bond acceptors (Lipinski definition) is 1. The molecule has 0 bridgehead atoms. The molecular formula is C19H20FNO. The lowest BCUT2D eigenvalue weighted by Crippen LogP contribution is -2.40. The summed E-state index contributed by atoms with van der Waals surface area (Å²) in [6.45, 7) is -0.254. The van der Waals surface area contributed by atoms with E-state index in [9.17, 15) is 9.18 Å². The molecule has 114 valence electrons. The number of likely N-dealkylation sites (tertiary alicyclic amines) is 1. The molecular weight excluding hydrogens is 277 g/mol. The quantitative estimate of drug-likeness (QED) is 0.841. The predicted molar refractivity (Wildman–Crippen MR) is 85.4 cm³/mol. The third kappa shape index (κ3) is 2.89. The van der Waals surface area contributed by atoms with Crippen molar-refractivity contribution in [3.8, 4) is 0 Å². The molecule has 3 heteroatoms. The summed E-state index contributed by atoms with van der Waals surface area (Å²) in [5.41, 5.74) is 2.36. The van der Waals surface area contributed by atoms with Crippen molar-refractivity contribution in [3.63, 3.8) is 0 Å². The van der Waals surface area contributed by atoms with E-state index in [0.717, 1.165) is 12.8 Å². The van der Waals surface area contributed by atoms with E-state index in [2.05, 4.69) is 24.3 Å². The van der Waals surface area contributed by atoms with Crippen molar-refractivity contribution in [3.05, 3.63) is 71.8 Å². The van der Waals surface area contributed by atoms with Gasteiger partial charge in [0.15, 0.2) is 6.67 Å². The molecule has 2 nitrogen and oxygen atoms in total. The zero-order valence-electron chi connectivity index (χ0n) is 12.5. The van der Waals surface area contributed by atoms with E-state index in [1.165, 1.54) is 11.1 Å². The molecule has 3 rings (SSSR count). The van der Waals surface area contributed by atoms with Gasteiger partial charge in [0.05, 0.1) is 0 Å². The van der Waals surface area contributed by atoms with Crippen LogP contribution in [0.2, 0.25) is 0 Å². The molecule has 2 aromatic rings. The first-order valence-electron chi connectivity index (χ1n) is 7.76. The van der Waals surface area contributed by atoms with Crippen molar-refractivity contribution < 1.29 is 9.18 Å². The van der Waals surface area contributed by atoms with Crippen LogP contribution in [0.25, 0.3) is 0 Å². The summed E-state index contributed by atoms with van der Waals surface area (Å²) < 4.78 is 12.9. The van der Waals surface area contributed by atoms with Crippen molar-refractivity contribution in [2.75, 3.05) is 13.2 Å². The van der Waals surface area contributed by atoms with E-state index < -0.39 is 6.67 Å². The van der Waals surface area contributed by atoms with Gasteiger partial charge in [0.25, 0.3) is 5.91 Å². The number of carbonyl (C=O) groups is 1. The lowest BCUT2D eigenvalue weighted by molar-refractivity contribution is -0.133. The lowest BCUT2D eigenvalue weighted by atomic mass is 9.84. The summed E-state index contributed by atoms with van der Waals surface area (Å²) in [5, 5.41) is 0. The highest BCUT2D eigenvalue weighted by atomic mass is 19.1. The van der Waals surface area contributed by atoms with E-state index >= 15 is 0 Å². The number of halogens is 1. The van der Waals surface area contributed by atoms with Crippen LogP contribution in [0.4, 0.5) is 4.39 Å². The van der Waals surface area contributed by atoms with Gasteiger partial charge in [-0.15, -0.1) is 0 Å². The van der Waals surface area contributed by atoms with E-state index in [1.807, 2.05) is 36.4 Å². The van der Waals surface area contributed by atoms with Gasteiger partial charge >= 0.3 is 0 Å². The summed E-state index contributed by atoms with van der Waals surface area (Å²) in [5.74, 6) is -0.292. The molecule has 1 saturated heterocycles. The zero-order chi connectivity index (χ0) is 15.4. The maximum Gasteiger partial charge on any atom is 0.254 e. The molecule has 1 atom stereocenters. The number of amides is 1. The van der Waals surface area contributed by atoms with Crippen LogP contribution in [0.15, 0.2) is 60.7 Å². The Bertz CT molecular complexity index is 574. The normalized spacial score (nSPS) is 17.9. The zero-order valence-corrected chi connectivity index (χ0v) is 12.5. The Hall–Kier alpha value is -2.16. The van der Waals surface area contributed by atoms with Crippen molar-refractivity contribution in [1.82, 2.24) is 4.90 Å². The second kappa shape index (κ2) is 6.73. The average Bonchev–Trinajstić information content (AvgIpc) is 3.06. The second-order valence-corrected chi connectivity index (χ2v) is 5.73. The SMILES string of the molecule is O=C(CF)N1CCC[C@H]1C(c1ccccc1)c1ccccc1. The lowest BCUT2D eigenvalue weighted by Gasteiger charge is -2.32. The fraction of sp³-hybridized carbons (Fsp3) is 0.316. The molecule has 1 heterocycles. The number of rotatable bonds is 4. The molecule has 0 unspecified atom stereocenters. The monoisotopic (exact) mass is 297 g/mol. The molecule has 0 N–H and O–H groups in total. The molecule has 1 fully saturated rings. The molecule has 0 aromatic heterocycles. The van der Waals surface area contributed by atoms with Gasteiger partial charge in [-0.25, -0.2) is 4.39 Å². The standard InChI is InChI=1S/C19H20FNO/c20-14-18(22)21-13-7-12-17(21)19(15-8-3-1-4-9-15)16-10-5-2-6-11-16/h1-6,8-11,17,19H,7,12-14H2/t17-/m0/s1. The fourth-order valence-corrected chi connectivity index (χ4v) is 3.48. The molecule has 0 aliphatic carbocycles. The smallest absolute Gasteiger partial charge is 0.254 e. The van der Waals surface area contributed by atoms with Gasteiger partial charge in [-0.1, -0.05) is 60.7 Å². The number of alkyl halides is 1. The summed E-state index contributed by atoms with van der Waals surface area (Å²) in [7, 11) is 0. The maximum atomic E-state index is 12.9. The topological polar surface area (TPSA) is 20.3 Å². The first-order valence-corrected chi connectivity index (χ1v) is 7.76. The van der Waals surface area contributed by atoms with Gasteiger partial charge in [0.1, 0.15) is 0 Å². The molecule has 22 heavy (non-hydrogen) atoms. The van der Waals surface area contributed by atoms with Crippen molar-refractivity contribution in [2.45, 2.75) is 24.8 Å². The van der Waals surface area contributed by atoms with Crippen LogP contribution in [0.5, 0.6) is 0 Å². The maximum absolute atomic E-state index is 12.9. The summed E-state index contributed by atoms with van der Waals surface area (Å²) in [6.07, 6.45) is 1.85. The summed E-state index contributed by atoms with van der Waals surface area (Å²) in [6, 6.07) is 20.4. The Kier molecular flexibility index (Phi) is 4.52. The van der Waals surface area contributed by atoms with E-state index in [4.69, 9.17) is 0 Å². The highest BCUT2D eigenvalue weighted by molar-refractivity contribution is 5.78. The van der Waals surface area contributed by atoms with Crippen molar-refractivity contribution in [1.29, 1.82) is 0 Å². The first kappa shape index (κ1) is 14.8. The molecule has 1 amide bonds. The minimum atomic E-state index is -0.910. The largest absolute Gasteiger partial charge is 0.336 e. The highest BCUT2D eigenvalue weighted by Crippen LogP contribution is 2.36. The molecule has 2 aromatic carbocycles. The van der Waals surface area contributed by atoms with Gasteiger partial charge in [-0.2, -0.15) is 0 Å². The van der Waals surface area contributed by atoms with Crippen LogP contribution in [-0.4, -0.2) is 30.1 Å². The Morgan fingerprint density at radius 2 is 1.59 bits per heavy atom. The van der Waals surface area contributed by atoms with Gasteiger partial charge in [-0.05, 0) is 24.0 Å². The number of nitrogens with zero attached hydrogens (tertiary/aromatic N) is 1. The molecule has 0 radical (unpaired) electrons. The minimum absolute atomic E-state index is 0.0352. The third-order valence-electron chi connectivity index (χ3n) is 4.44. The fourth-order valence-electron chi connectivity index (χ4n) is 3.48. The van der Waals surface area contributed by atoms with Crippen LogP contribution < -0.4 is 0 Å². The summed E-state index contributed by atoms with van der Waals surface area (Å²) in [4.78, 5) is 13.7. The van der Waals surface area contributed by atoms with Gasteiger partial charge in [-0.3, -0.25) is 4.79 Å². The summed E-state index contributed by atoms with van der Waals surface area (Å²) >= 11 is 0. The molecule has 0 spiro atoms. The molecule has 0 saturated carbocycles. The Labute approximate surface area is 130 Å². The number of carbonyl (C=O) groups excluding carboxylic acids is 1. The molecule has 1 aliphatic heterocycles. The van der Waals surface area contributed by atoms with Crippen LogP contribution in [0.1, 0.15) is 29.9 Å². The van der Waals surface area contributed by atoms with E-state index in [-0.39, 0.29) is 17.9 Å². The highest BCUT2D eigenvalue weighted by Gasteiger charge is 2.36. The first-order chi connectivity index (χ1) is 10.8. The number of hydrogen-bond donors (Lipinski definition) is 0. The average molecular weight is 297 g/mol. The second-order valence-electron chi connectivity index (χ2n) is 5.73. The van der Waals surface area contributed by atoms with Crippen LogP contribution in [0.3, 0.4) is 0 Å².